The van der Waals surface area contributed by atoms with E-state index in [1.807, 2.05) is 6.08 Å². The van der Waals surface area contributed by atoms with Crippen LogP contribution in [0.2, 0.25) is 0 Å². The van der Waals surface area contributed by atoms with Crippen molar-refractivity contribution in [3.63, 3.8) is 0 Å². The largest absolute Gasteiger partial charge is 0.380 e. The van der Waals surface area contributed by atoms with E-state index in [9.17, 15) is 0 Å². The molecule has 2 unspecified atom stereocenters. The summed E-state index contributed by atoms with van der Waals surface area (Å²) in [4.78, 5) is 0. The lowest BCUT2D eigenvalue weighted by molar-refractivity contribution is 0.138. The van der Waals surface area contributed by atoms with E-state index in [1.54, 1.807) is 0 Å². The van der Waals surface area contributed by atoms with Crippen molar-refractivity contribution < 1.29 is 4.74 Å². The van der Waals surface area contributed by atoms with Crippen LogP contribution in [0.5, 0.6) is 0 Å². The van der Waals surface area contributed by atoms with Crippen LogP contribution in [-0.4, -0.2) is 36.8 Å². The summed E-state index contributed by atoms with van der Waals surface area (Å²) in [6.45, 7) is 8.56. The van der Waals surface area contributed by atoms with Gasteiger partial charge in [0.1, 0.15) is 0 Å². The van der Waals surface area contributed by atoms with E-state index in [4.69, 9.17) is 4.74 Å². The molecule has 0 radical (unpaired) electrons. The first-order valence-electron chi connectivity index (χ1n) is 5.36. The smallest absolute Gasteiger partial charge is 0.0591 e. The highest BCUT2D eigenvalue weighted by atomic mass is 32.2. The highest BCUT2D eigenvalue weighted by Crippen LogP contribution is 2.25. The normalized spacial score (nSPS) is 26.6. The van der Waals surface area contributed by atoms with Crippen LogP contribution in [0.25, 0.3) is 0 Å². The average Bonchev–Trinajstić information content (AvgIpc) is 2.58. The molecule has 1 fully saturated rings. The second-order valence-electron chi connectivity index (χ2n) is 3.72. The van der Waals surface area contributed by atoms with Crippen LogP contribution in [0, 0.1) is 0 Å². The number of thioether (sulfide) groups is 1. The van der Waals surface area contributed by atoms with Gasteiger partial charge in [-0.3, -0.25) is 0 Å². The quantitative estimate of drug-likeness (QED) is 0.519. The van der Waals surface area contributed by atoms with Gasteiger partial charge in [-0.1, -0.05) is 13.0 Å². The molecule has 2 atom stereocenters. The average molecular weight is 215 g/mol. The van der Waals surface area contributed by atoms with Crippen LogP contribution in [0.15, 0.2) is 12.7 Å². The molecule has 2 nitrogen and oxygen atoms in total. The Morgan fingerprint density at radius 3 is 3.07 bits per heavy atom. The zero-order valence-electron chi connectivity index (χ0n) is 9.00. The van der Waals surface area contributed by atoms with Gasteiger partial charge in [0.2, 0.25) is 0 Å². The van der Waals surface area contributed by atoms with Gasteiger partial charge in [0.05, 0.1) is 13.2 Å². The second kappa shape index (κ2) is 7.32. The fourth-order valence-corrected chi connectivity index (χ4v) is 2.75. The SMILES string of the molecule is C=CCCOCCNC1CSC(C)C1. The minimum absolute atomic E-state index is 0.706. The predicted molar refractivity (Wildman–Crippen MR) is 64.0 cm³/mol. The van der Waals surface area contributed by atoms with E-state index in [-0.39, 0.29) is 0 Å². The highest BCUT2D eigenvalue weighted by molar-refractivity contribution is 8.00. The summed E-state index contributed by atoms with van der Waals surface area (Å²) >= 11 is 2.06. The van der Waals surface area contributed by atoms with E-state index >= 15 is 0 Å². The van der Waals surface area contributed by atoms with Gasteiger partial charge in [0.15, 0.2) is 0 Å². The van der Waals surface area contributed by atoms with Crippen molar-refractivity contribution in [3.05, 3.63) is 12.7 Å². The number of rotatable bonds is 7. The van der Waals surface area contributed by atoms with Gasteiger partial charge in [-0.15, -0.1) is 6.58 Å². The van der Waals surface area contributed by atoms with Crippen LogP contribution < -0.4 is 5.32 Å². The minimum atomic E-state index is 0.706. The molecule has 0 aromatic rings. The van der Waals surface area contributed by atoms with Crippen LogP contribution >= 0.6 is 11.8 Å². The molecule has 1 rings (SSSR count). The third-order valence-corrected chi connectivity index (χ3v) is 3.70. The van der Waals surface area contributed by atoms with E-state index in [2.05, 4.69) is 30.6 Å². The zero-order chi connectivity index (χ0) is 10.2. The van der Waals surface area contributed by atoms with E-state index in [0.29, 0.717) is 6.04 Å². The Bertz CT molecular complexity index is 163. The lowest BCUT2D eigenvalue weighted by Gasteiger charge is -2.11. The number of ether oxygens (including phenoxy) is 1. The molecule has 1 saturated heterocycles. The Kier molecular flexibility index (Phi) is 6.32. The summed E-state index contributed by atoms with van der Waals surface area (Å²) in [7, 11) is 0. The van der Waals surface area contributed by atoms with Gasteiger partial charge in [-0.05, 0) is 12.8 Å². The summed E-state index contributed by atoms with van der Waals surface area (Å²) in [5, 5.41) is 4.35. The lowest BCUT2D eigenvalue weighted by Crippen LogP contribution is -2.32. The van der Waals surface area contributed by atoms with Crippen molar-refractivity contribution in [1.29, 1.82) is 0 Å². The van der Waals surface area contributed by atoms with Crippen molar-refractivity contribution in [2.75, 3.05) is 25.5 Å². The highest BCUT2D eigenvalue weighted by Gasteiger charge is 2.20. The molecule has 0 bridgehead atoms. The predicted octanol–water partition coefficient (Wildman–Crippen LogP) is 2.06. The van der Waals surface area contributed by atoms with Gasteiger partial charge in [0.25, 0.3) is 0 Å². The fourth-order valence-electron chi connectivity index (χ4n) is 1.56. The standard InChI is InChI=1S/C11H21NOS/c1-3-4-6-13-7-5-12-11-8-10(2)14-9-11/h3,10-12H,1,4-9H2,2H3. The van der Waals surface area contributed by atoms with Gasteiger partial charge in [-0.25, -0.2) is 0 Å². The molecule has 0 spiro atoms. The molecule has 1 aliphatic rings. The first kappa shape index (κ1) is 12.1. The van der Waals surface area contributed by atoms with Crippen molar-refractivity contribution >= 4 is 11.8 Å². The minimum Gasteiger partial charge on any atom is -0.380 e. The first-order valence-corrected chi connectivity index (χ1v) is 6.41. The molecule has 0 amide bonds. The Labute approximate surface area is 91.5 Å². The second-order valence-corrected chi connectivity index (χ2v) is 5.19. The molecule has 0 aromatic carbocycles. The van der Waals surface area contributed by atoms with Crippen LogP contribution in [0.3, 0.4) is 0 Å². The van der Waals surface area contributed by atoms with Gasteiger partial charge in [0, 0.05) is 23.6 Å². The summed E-state index contributed by atoms with van der Waals surface area (Å²) < 4.78 is 5.42. The number of nitrogens with one attached hydrogen (secondary N) is 1. The van der Waals surface area contributed by atoms with Crippen molar-refractivity contribution in [3.8, 4) is 0 Å². The molecule has 0 aromatic heterocycles. The maximum atomic E-state index is 5.42. The van der Waals surface area contributed by atoms with Crippen molar-refractivity contribution in [2.45, 2.75) is 31.1 Å². The van der Waals surface area contributed by atoms with Crippen molar-refractivity contribution in [1.82, 2.24) is 5.32 Å². The molecule has 1 heterocycles. The summed E-state index contributed by atoms with van der Waals surface area (Å²) in [6, 6.07) is 0.706. The Balaban J connectivity index is 1.86. The zero-order valence-corrected chi connectivity index (χ0v) is 9.81. The Morgan fingerprint density at radius 2 is 2.43 bits per heavy atom. The fraction of sp³-hybridized carbons (Fsp3) is 0.818. The molecule has 1 aliphatic heterocycles. The van der Waals surface area contributed by atoms with E-state index < -0.39 is 0 Å². The van der Waals surface area contributed by atoms with Crippen LogP contribution in [0.4, 0.5) is 0 Å². The number of hydrogen-bond acceptors (Lipinski definition) is 3. The van der Waals surface area contributed by atoms with Crippen LogP contribution in [-0.2, 0) is 4.74 Å². The molecular formula is C11H21NOS. The lowest BCUT2D eigenvalue weighted by atomic mass is 10.2. The topological polar surface area (TPSA) is 21.3 Å². The maximum absolute atomic E-state index is 5.42. The van der Waals surface area contributed by atoms with E-state index in [0.717, 1.165) is 31.4 Å². The van der Waals surface area contributed by atoms with E-state index in [1.165, 1.54) is 12.2 Å². The van der Waals surface area contributed by atoms with Gasteiger partial charge in [-0.2, -0.15) is 11.8 Å². The molecule has 0 saturated carbocycles. The first-order chi connectivity index (χ1) is 6.83. The third kappa shape index (κ3) is 5.03. The summed E-state index contributed by atoms with van der Waals surface area (Å²) in [5.41, 5.74) is 0. The summed E-state index contributed by atoms with van der Waals surface area (Å²) in [6.07, 6.45) is 4.15. The molecule has 14 heavy (non-hydrogen) atoms. The molecular weight excluding hydrogens is 194 g/mol. The monoisotopic (exact) mass is 215 g/mol. The molecule has 0 aliphatic carbocycles. The molecule has 82 valence electrons. The molecule has 3 heteroatoms. The van der Waals surface area contributed by atoms with Gasteiger partial charge >= 0.3 is 0 Å². The summed E-state index contributed by atoms with van der Waals surface area (Å²) in [5.74, 6) is 1.26. The third-order valence-electron chi connectivity index (χ3n) is 2.34. The Hall–Kier alpha value is 0.0100. The number of hydrogen-bond donors (Lipinski definition) is 1. The molecule has 1 N–H and O–H groups in total. The van der Waals surface area contributed by atoms with Gasteiger partial charge < -0.3 is 10.1 Å². The maximum Gasteiger partial charge on any atom is 0.0591 e. The van der Waals surface area contributed by atoms with Crippen LogP contribution in [0.1, 0.15) is 19.8 Å². The Morgan fingerprint density at radius 1 is 1.57 bits per heavy atom. The van der Waals surface area contributed by atoms with Crippen molar-refractivity contribution in [2.24, 2.45) is 0 Å².